The molecule has 0 aliphatic carbocycles. The number of carboxylic acid groups (broad SMARTS) is 1. The zero-order valence-corrected chi connectivity index (χ0v) is 68.8. The molecule has 0 rings (SSSR count). The van der Waals surface area contributed by atoms with E-state index in [4.69, 9.17) is 18.9 Å². The second kappa shape index (κ2) is 84.5. The highest BCUT2D eigenvalue weighted by atomic mass is 16.7. The van der Waals surface area contributed by atoms with Gasteiger partial charge in [0.1, 0.15) is 13.2 Å². The van der Waals surface area contributed by atoms with E-state index in [0.29, 0.717) is 17.4 Å². The van der Waals surface area contributed by atoms with Gasteiger partial charge in [0, 0.05) is 12.8 Å². The molecule has 9 nitrogen and oxygen atoms in total. The molecule has 2 atom stereocenters. The number of carbonyl (C=O) groups is 3. The quantitative estimate of drug-likeness (QED) is 0.0195. The number of ether oxygens (including phenoxy) is 4. The van der Waals surface area contributed by atoms with E-state index in [-0.39, 0.29) is 38.6 Å². The number of unbranched alkanes of at least 4 members (excludes halogenated alkanes) is 39. The maximum absolute atomic E-state index is 13.0. The minimum Gasteiger partial charge on any atom is -0.545 e. The molecule has 9 heteroatoms. The number of allylic oxidation sites excluding steroid dienone is 26. The molecule has 105 heavy (non-hydrogen) atoms. The van der Waals surface area contributed by atoms with E-state index in [9.17, 15) is 19.5 Å². The number of esters is 2. The Hall–Kier alpha value is -5.09. The summed E-state index contributed by atoms with van der Waals surface area (Å²) < 4.78 is 22.9. The van der Waals surface area contributed by atoms with Crippen LogP contribution in [0.3, 0.4) is 0 Å². The number of quaternary nitrogens is 1. The van der Waals surface area contributed by atoms with Gasteiger partial charge >= 0.3 is 11.9 Å². The van der Waals surface area contributed by atoms with E-state index in [0.717, 1.165) is 122 Å². The van der Waals surface area contributed by atoms with E-state index in [1.165, 1.54) is 218 Å². The van der Waals surface area contributed by atoms with Crippen molar-refractivity contribution in [2.24, 2.45) is 0 Å². The van der Waals surface area contributed by atoms with Gasteiger partial charge in [-0.15, -0.1) is 0 Å². The lowest BCUT2D eigenvalue weighted by atomic mass is 10.0. The number of rotatable bonds is 80. The number of hydrogen-bond donors (Lipinski definition) is 0. The van der Waals surface area contributed by atoms with Gasteiger partial charge < -0.3 is 33.3 Å². The van der Waals surface area contributed by atoms with Gasteiger partial charge in [-0.05, 0) is 128 Å². The predicted octanol–water partition coefficient (Wildman–Crippen LogP) is 27.4. The van der Waals surface area contributed by atoms with E-state index in [1.807, 2.05) is 21.1 Å². The lowest BCUT2D eigenvalue weighted by molar-refractivity contribution is -0.870. The fraction of sp³-hybridized carbons (Fsp3) is 0.698. The fourth-order valence-electron chi connectivity index (χ4n) is 12.2. The van der Waals surface area contributed by atoms with Gasteiger partial charge in [-0.3, -0.25) is 9.59 Å². The van der Waals surface area contributed by atoms with Crippen LogP contribution in [-0.2, 0) is 33.3 Å². The standard InChI is InChI=1S/C96H163NO8/c1-6-8-10-12-14-16-18-20-22-24-26-28-30-32-34-36-38-40-42-44-46-47-49-51-53-55-57-59-61-63-65-67-69-71-73-75-77-79-81-83-85-87-94(99)105-92(91-104-96(95(100)101)102-89-88-97(3,4)5)90-103-93(98)86-84-82-80-78-76-74-72-70-68-66-64-62-60-58-56-54-52-50-48-45-43-41-39-37-35-33-31-29-27-25-23-21-19-17-15-13-11-9-7-2/h8,10,14,16,19-22,25-28,32,34,38,40,44,46,49,51,55,57,61,63,67,69,92,96H,6-7,9,11-13,15,17-18,23-24,29-31,33,35-37,39,41-43,45,47-48,50,52-54,56,58-60,62,64-66,68,70-91H2,1-5H3/b10-8-,16-14-,21-19-,22-20-,27-25-,28-26-,34-32-,40-38-,46-44-,51-49-,57-55-,63-61-,69-67-. The van der Waals surface area contributed by atoms with Crippen molar-refractivity contribution in [2.45, 2.75) is 386 Å². The molecule has 0 aromatic carbocycles. The molecule has 0 N–H and O–H groups in total. The van der Waals surface area contributed by atoms with Crippen molar-refractivity contribution in [3.8, 4) is 0 Å². The Kier molecular flexibility index (Phi) is 80.4. The zero-order chi connectivity index (χ0) is 76.0. The van der Waals surface area contributed by atoms with Gasteiger partial charge in [-0.25, -0.2) is 0 Å². The molecule has 0 saturated carbocycles. The van der Waals surface area contributed by atoms with E-state index >= 15 is 0 Å². The summed E-state index contributed by atoms with van der Waals surface area (Å²) >= 11 is 0. The average Bonchev–Trinajstić information content (AvgIpc) is 1.18. The fourth-order valence-corrected chi connectivity index (χ4v) is 12.2. The van der Waals surface area contributed by atoms with Gasteiger partial charge in [0.05, 0.1) is 40.3 Å². The van der Waals surface area contributed by atoms with Crippen LogP contribution in [0.4, 0.5) is 0 Å². The topological polar surface area (TPSA) is 111 Å². The molecule has 0 aromatic rings. The van der Waals surface area contributed by atoms with E-state index < -0.39 is 24.3 Å². The molecular weight excluding hydrogens is 1300 g/mol. The van der Waals surface area contributed by atoms with Gasteiger partial charge in [0.25, 0.3) is 0 Å². The molecule has 0 saturated heterocycles. The number of hydrogen-bond acceptors (Lipinski definition) is 8. The Morgan fingerprint density at radius 3 is 0.810 bits per heavy atom. The second-order valence-electron chi connectivity index (χ2n) is 30.1. The molecule has 0 aliphatic rings. The van der Waals surface area contributed by atoms with Crippen molar-refractivity contribution >= 4 is 17.9 Å². The maximum Gasteiger partial charge on any atom is 0.306 e. The highest BCUT2D eigenvalue weighted by Gasteiger charge is 2.22. The van der Waals surface area contributed by atoms with Crippen molar-refractivity contribution in [3.63, 3.8) is 0 Å². The molecule has 2 unspecified atom stereocenters. The van der Waals surface area contributed by atoms with Crippen LogP contribution in [0.15, 0.2) is 158 Å². The third kappa shape index (κ3) is 86.0. The zero-order valence-electron chi connectivity index (χ0n) is 68.8. The first-order chi connectivity index (χ1) is 51.6. The van der Waals surface area contributed by atoms with Crippen LogP contribution < -0.4 is 5.11 Å². The summed E-state index contributed by atoms with van der Waals surface area (Å²) in [7, 11) is 5.93. The number of carbonyl (C=O) groups excluding carboxylic acids is 3. The van der Waals surface area contributed by atoms with Crippen LogP contribution in [0.2, 0.25) is 0 Å². The normalized spacial score (nSPS) is 13.4. The Labute approximate surface area is 648 Å². The van der Waals surface area contributed by atoms with Crippen LogP contribution >= 0.6 is 0 Å². The van der Waals surface area contributed by atoms with Crippen molar-refractivity contribution in [2.75, 3.05) is 47.5 Å². The van der Waals surface area contributed by atoms with E-state index in [2.05, 4.69) is 172 Å². The number of aliphatic carboxylic acids is 1. The predicted molar refractivity (Wildman–Crippen MR) is 453 cm³/mol. The SMILES string of the molecule is CC/C=C\C/C=C\C/C=C\C/C=C\C/C=C\C/C=C\C/C=C\C/C=C\C/C=C\C/C=C\C/C=C\CCCCCCCCCC(=O)OC(COC(=O)CCCCCCCCCCCCCCCCCCCCCCCCCCCCC/C=C\C/C=C\CCCCCCC)COC(OCC[N+](C)(C)C)C(=O)[O-]. The minimum atomic E-state index is -1.63. The van der Waals surface area contributed by atoms with Crippen molar-refractivity contribution in [3.05, 3.63) is 158 Å². The summed E-state index contributed by atoms with van der Waals surface area (Å²) in [5, 5.41) is 11.9. The summed E-state index contributed by atoms with van der Waals surface area (Å²) in [6.07, 6.45) is 122. The summed E-state index contributed by atoms with van der Waals surface area (Å²) in [6, 6.07) is 0. The van der Waals surface area contributed by atoms with Crippen LogP contribution in [0.25, 0.3) is 0 Å². The van der Waals surface area contributed by atoms with Crippen molar-refractivity contribution < 1.29 is 42.9 Å². The Balaban J connectivity index is 4.05. The van der Waals surface area contributed by atoms with Crippen LogP contribution in [0.1, 0.15) is 373 Å². The molecule has 0 bridgehead atoms. The summed E-state index contributed by atoms with van der Waals surface area (Å²) in [6.45, 7) is 4.64. The molecule has 0 aliphatic heterocycles. The lowest BCUT2D eigenvalue weighted by Gasteiger charge is -2.26. The van der Waals surface area contributed by atoms with Crippen molar-refractivity contribution in [1.29, 1.82) is 0 Å². The molecular formula is C96H163NO8. The largest absolute Gasteiger partial charge is 0.545 e. The molecule has 0 heterocycles. The molecule has 0 radical (unpaired) electrons. The van der Waals surface area contributed by atoms with Crippen molar-refractivity contribution in [1.82, 2.24) is 0 Å². The monoisotopic (exact) mass is 1460 g/mol. The first-order valence-electron chi connectivity index (χ1n) is 43.6. The van der Waals surface area contributed by atoms with Gasteiger partial charge in [0.2, 0.25) is 0 Å². The first-order valence-corrected chi connectivity index (χ1v) is 43.6. The smallest absolute Gasteiger partial charge is 0.306 e. The van der Waals surface area contributed by atoms with Crippen LogP contribution in [0.5, 0.6) is 0 Å². The number of likely N-dealkylation sites (N-methyl/N-ethyl adjacent to an activating group) is 1. The first kappa shape index (κ1) is 99.9. The van der Waals surface area contributed by atoms with E-state index in [1.54, 1.807) is 0 Å². The number of carboxylic acids is 1. The van der Waals surface area contributed by atoms with Gasteiger partial charge in [-0.2, -0.15) is 0 Å². The summed E-state index contributed by atoms with van der Waals surface area (Å²) in [5.41, 5.74) is 0. The highest BCUT2D eigenvalue weighted by Crippen LogP contribution is 2.19. The Morgan fingerprint density at radius 1 is 0.295 bits per heavy atom. The summed E-state index contributed by atoms with van der Waals surface area (Å²) in [5.74, 6) is -2.29. The third-order valence-electron chi connectivity index (χ3n) is 18.8. The molecule has 0 fully saturated rings. The highest BCUT2D eigenvalue weighted by molar-refractivity contribution is 5.70. The maximum atomic E-state index is 13.0. The molecule has 0 aromatic heterocycles. The van der Waals surface area contributed by atoms with Crippen LogP contribution in [-0.4, -0.2) is 82.3 Å². The molecule has 0 spiro atoms. The lowest BCUT2D eigenvalue weighted by Crippen LogP contribution is -2.44. The third-order valence-corrected chi connectivity index (χ3v) is 18.8. The molecule has 0 amide bonds. The summed E-state index contributed by atoms with van der Waals surface area (Å²) in [4.78, 5) is 37.7. The number of nitrogens with zero attached hydrogens (tertiary/aromatic N) is 1. The van der Waals surface area contributed by atoms with Gasteiger partial charge in [0.15, 0.2) is 12.4 Å². The molecule has 600 valence electrons. The Morgan fingerprint density at radius 2 is 0.543 bits per heavy atom. The second-order valence-corrected chi connectivity index (χ2v) is 30.1. The van der Waals surface area contributed by atoms with Gasteiger partial charge in [-0.1, -0.05) is 390 Å². The van der Waals surface area contributed by atoms with Crippen LogP contribution in [0, 0.1) is 0 Å². The average molecular weight is 1460 g/mol. The Bertz CT molecular complexity index is 2300. The minimum absolute atomic E-state index is 0.140.